The lowest BCUT2D eigenvalue weighted by Gasteiger charge is -2.14. The first-order chi connectivity index (χ1) is 15.0. The van der Waals surface area contributed by atoms with E-state index in [9.17, 15) is 14.0 Å². The van der Waals surface area contributed by atoms with Crippen molar-refractivity contribution in [2.75, 3.05) is 18.2 Å². The topological polar surface area (TPSA) is 73.2 Å². The lowest BCUT2D eigenvalue weighted by Crippen LogP contribution is -2.23. The molecule has 0 aliphatic carbocycles. The van der Waals surface area contributed by atoms with Crippen LogP contribution in [0.25, 0.3) is 15.9 Å². The van der Waals surface area contributed by atoms with Crippen LogP contribution >= 0.6 is 23.1 Å². The predicted molar refractivity (Wildman–Crippen MR) is 122 cm³/mol. The van der Waals surface area contributed by atoms with Crippen molar-refractivity contribution in [3.05, 3.63) is 75.6 Å². The number of carbonyl (C=O) groups is 1. The molecule has 9 heteroatoms. The number of halogens is 1. The average Bonchev–Trinajstić information content (AvgIpc) is 3.22. The molecule has 1 N–H and O–H groups in total. The molecule has 0 fully saturated rings. The molecule has 0 saturated carbocycles. The molecule has 0 radical (unpaired) electrons. The molecule has 4 aromatic rings. The molecule has 2 aromatic heterocycles. The second-order valence-electron chi connectivity index (χ2n) is 6.67. The number of carbonyl (C=O) groups excluding carboxylic acids is 1. The number of aromatic nitrogens is 2. The van der Waals surface area contributed by atoms with Gasteiger partial charge < -0.3 is 10.1 Å². The number of anilines is 1. The molecule has 6 nitrogen and oxygen atoms in total. The van der Waals surface area contributed by atoms with E-state index >= 15 is 0 Å². The van der Waals surface area contributed by atoms with Crippen molar-refractivity contribution < 1.29 is 13.9 Å². The first-order valence-corrected chi connectivity index (χ1v) is 11.2. The molecule has 158 valence electrons. The summed E-state index contributed by atoms with van der Waals surface area (Å²) >= 11 is 2.44. The van der Waals surface area contributed by atoms with Crippen LogP contribution in [-0.2, 0) is 4.79 Å². The third-order valence-electron chi connectivity index (χ3n) is 4.53. The number of nitrogens with zero attached hydrogens (tertiary/aromatic N) is 2. The number of thiophene rings is 1. The second-order valence-corrected chi connectivity index (χ2v) is 8.53. The van der Waals surface area contributed by atoms with Gasteiger partial charge in [-0.15, -0.1) is 11.3 Å². The number of amides is 1. The number of nitrogens with one attached hydrogen (secondary N) is 1. The summed E-state index contributed by atoms with van der Waals surface area (Å²) in [5.74, 6) is 0.0433. The maximum absolute atomic E-state index is 13.6. The molecular weight excluding hydrogens is 437 g/mol. The highest BCUT2D eigenvalue weighted by Gasteiger charge is 2.17. The fraction of sp³-hybridized carbons (Fsp3) is 0.136. The van der Waals surface area contributed by atoms with Crippen LogP contribution in [0.3, 0.4) is 0 Å². The van der Waals surface area contributed by atoms with E-state index in [0.717, 1.165) is 11.8 Å². The Hall–Kier alpha value is -3.17. The third-order valence-corrected chi connectivity index (χ3v) is 6.36. The van der Waals surface area contributed by atoms with E-state index in [1.165, 1.54) is 28.0 Å². The number of methoxy groups -OCH3 is 1. The van der Waals surface area contributed by atoms with E-state index < -0.39 is 0 Å². The number of ether oxygens (including phenoxy) is 1. The van der Waals surface area contributed by atoms with Crippen LogP contribution in [0.5, 0.6) is 5.75 Å². The van der Waals surface area contributed by atoms with Crippen LogP contribution in [0.4, 0.5) is 10.1 Å². The van der Waals surface area contributed by atoms with Crippen molar-refractivity contribution in [3.63, 3.8) is 0 Å². The van der Waals surface area contributed by atoms with Gasteiger partial charge >= 0.3 is 0 Å². The van der Waals surface area contributed by atoms with E-state index in [2.05, 4.69) is 10.3 Å². The Balaban J connectivity index is 1.65. The van der Waals surface area contributed by atoms with Crippen molar-refractivity contribution in [1.29, 1.82) is 0 Å². The summed E-state index contributed by atoms with van der Waals surface area (Å²) in [7, 11) is 1.56. The summed E-state index contributed by atoms with van der Waals surface area (Å²) in [6.07, 6.45) is 0. The number of aryl methyl sites for hydroxylation is 1. The first-order valence-electron chi connectivity index (χ1n) is 9.30. The second kappa shape index (κ2) is 8.91. The molecule has 0 aliphatic heterocycles. The molecule has 0 atom stereocenters. The van der Waals surface area contributed by atoms with Crippen LogP contribution in [0.2, 0.25) is 0 Å². The van der Waals surface area contributed by atoms with Gasteiger partial charge in [0.1, 0.15) is 16.3 Å². The highest BCUT2D eigenvalue weighted by Crippen LogP contribution is 2.26. The number of thioether (sulfide) groups is 1. The average molecular weight is 456 g/mol. The zero-order chi connectivity index (χ0) is 22.0. The van der Waals surface area contributed by atoms with Gasteiger partial charge in [0.25, 0.3) is 5.56 Å². The number of hydrogen-bond donors (Lipinski definition) is 1. The zero-order valence-corrected chi connectivity index (χ0v) is 18.3. The van der Waals surface area contributed by atoms with E-state index in [0.29, 0.717) is 38.1 Å². The van der Waals surface area contributed by atoms with Gasteiger partial charge in [-0.2, -0.15) is 0 Å². The summed E-state index contributed by atoms with van der Waals surface area (Å²) in [4.78, 5) is 30.3. The predicted octanol–water partition coefficient (Wildman–Crippen LogP) is 4.63. The number of fused-ring (bicyclic) bond motifs is 1. The molecule has 31 heavy (non-hydrogen) atoms. The van der Waals surface area contributed by atoms with Crippen molar-refractivity contribution in [2.24, 2.45) is 0 Å². The molecule has 2 aromatic carbocycles. The largest absolute Gasteiger partial charge is 0.497 e. The van der Waals surface area contributed by atoms with Crippen molar-refractivity contribution in [3.8, 4) is 11.4 Å². The van der Waals surface area contributed by atoms with Crippen molar-refractivity contribution in [2.45, 2.75) is 12.1 Å². The van der Waals surface area contributed by atoms with Gasteiger partial charge in [0.2, 0.25) is 5.91 Å². The SMILES string of the molecule is COc1cccc(NC(=O)CSc2nc3ccsc3c(=O)n2-c2ccc(F)cc2C)c1. The Bertz CT molecular complexity index is 1330. The van der Waals surface area contributed by atoms with E-state index in [4.69, 9.17) is 4.74 Å². The minimum atomic E-state index is -0.383. The van der Waals surface area contributed by atoms with Gasteiger partial charge in [0.05, 0.1) is 24.1 Å². The van der Waals surface area contributed by atoms with E-state index in [1.807, 2.05) is 0 Å². The Kier molecular flexibility index (Phi) is 6.06. The quantitative estimate of drug-likeness (QED) is 0.339. The van der Waals surface area contributed by atoms with E-state index in [1.54, 1.807) is 55.8 Å². The van der Waals surface area contributed by atoms with Crippen LogP contribution in [-0.4, -0.2) is 28.3 Å². The van der Waals surface area contributed by atoms with E-state index in [-0.39, 0.29) is 23.0 Å². The third kappa shape index (κ3) is 4.47. The molecule has 0 bridgehead atoms. The fourth-order valence-corrected chi connectivity index (χ4v) is 4.66. The minimum Gasteiger partial charge on any atom is -0.497 e. The minimum absolute atomic E-state index is 0.0412. The smallest absolute Gasteiger partial charge is 0.276 e. The lowest BCUT2D eigenvalue weighted by atomic mass is 10.2. The lowest BCUT2D eigenvalue weighted by molar-refractivity contribution is -0.113. The molecule has 0 unspecified atom stereocenters. The monoisotopic (exact) mass is 455 g/mol. The molecule has 0 spiro atoms. The molecule has 4 rings (SSSR count). The highest BCUT2D eigenvalue weighted by atomic mass is 32.2. The summed E-state index contributed by atoms with van der Waals surface area (Å²) < 4.78 is 20.7. The van der Waals surface area contributed by atoms with Crippen LogP contribution in [0, 0.1) is 12.7 Å². The summed E-state index contributed by atoms with van der Waals surface area (Å²) in [5, 5.41) is 4.97. The van der Waals surface area contributed by atoms with Crippen molar-refractivity contribution in [1.82, 2.24) is 9.55 Å². The van der Waals surface area contributed by atoms with Crippen LogP contribution in [0.1, 0.15) is 5.56 Å². The molecule has 1 amide bonds. The van der Waals surface area contributed by atoms with Gasteiger partial charge in [0, 0.05) is 11.8 Å². The number of hydrogen-bond acceptors (Lipinski definition) is 6. The van der Waals surface area contributed by atoms with Gasteiger partial charge in [-0.3, -0.25) is 14.2 Å². The van der Waals surface area contributed by atoms with Crippen LogP contribution < -0.4 is 15.6 Å². The fourth-order valence-electron chi connectivity index (χ4n) is 3.10. The number of benzene rings is 2. The van der Waals surface area contributed by atoms with Crippen molar-refractivity contribution >= 4 is 44.9 Å². The molecule has 2 heterocycles. The molecule has 0 saturated heterocycles. The Morgan fingerprint density at radius 3 is 2.87 bits per heavy atom. The van der Waals surface area contributed by atoms with Crippen LogP contribution in [0.15, 0.2) is 63.9 Å². The zero-order valence-electron chi connectivity index (χ0n) is 16.7. The standard InChI is InChI=1S/C22H18FN3O3S2/c1-13-10-14(23)6-7-18(13)26-21(28)20-17(8-9-30-20)25-22(26)31-12-19(27)24-15-4-3-5-16(11-15)29-2/h3-11H,12H2,1-2H3,(H,24,27). The molecule has 0 aliphatic rings. The molecular formula is C22H18FN3O3S2. The summed E-state index contributed by atoms with van der Waals surface area (Å²) in [6.45, 7) is 1.73. The van der Waals surface area contributed by atoms with Gasteiger partial charge in [0.15, 0.2) is 5.16 Å². The number of rotatable bonds is 6. The Labute approximate surface area is 185 Å². The Morgan fingerprint density at radius 1 is 1.26 bits per heavy atom. The van der Waals surface area contributed by atoms with Gasteiger partial charge in [-0.05, 0) is 54.3 Å². The maximum Gasteiger partial charge on any atom is 0.276 e. The maximum atomic E-state index is 13.6. The summed E-state index contributed by atoms with van der Waals surface area (Å²) in [5.41, 5.74) is 2.07. The Morgan fingerprint density at radius 2 is 2.10 bits per heavy atom. The first kappa shape index (κ1) is 21.1. The van der Waals surface area contributed by atoms with Gasteiger partial charge in [-0.1, -0.05) is 17.8 Å². The van der Waals surface area contributed by atoms with Gasteiger partial charge in [-0.25, -0.2) is 9.37 Å². The highest BCUT2D eigenvalue weighted by molar-refractivity contribution is 7.99. The summed E-state index contributed by atoms with van der Waals surface area (Å²) in [6, 6.07) is 13.0. The normalized spacial score (nSPS) is 10.9.